The van der Waals surface area contributed by atoms with Gasteiger partial charge in [0.2, 0.25) is 5.13 Å². The monoisotopic (exact) mass is 651 g/mol. The lowest BCUT2D eigenvalue weighted by atomic mass is 9.95. The van der Waals surface area contributed by atoms with Crippen LogP contribution in [0.15, 0.2) is 70.6 Å². The number of Topliss-reactive ketones (excluding diaryl/α,β-unsaturated/α-hetero) is 1. The second kappa shape index (κ2) is 12.0. The van der Waals surface area contributed by atoms with Crippen LogP contribution in [0.1, 0.15) is 22.7 Å². The first-order chi connectivity index (χ1) is 19.2. The lowest BCUT2D eigenvalue weighted by Gasteiger charge is -2.23. The van der Waals surface area contributed by atoms with Crippen molar-refractivity contribution in [3.63, 3.8) is 0 Å². The summed E-state index contributed by atoms with van der Waals surface area (Å²) in [5, 5.41) is 21.4. The zero-order valence-electron chi connectivity index (χ0n) is 20.4. The minimum atomic E-state index is -1.03. The number of hydrogen-bond donors (Lipinski definition) is 1. The molecule has 13 heteroatoms. The van der Waals surface area contributed by atoms with Gasteiger partial charge in [-0.3, -0.25) is 14.5 Å². The number of amides is 1. The molecule has 204 valence electrons. The molecule has 1 aromatic heterocycles. The van der Waals surface area contributed by atoms with Crippen molar-refractivity contribution in [3.8, 4) is 5.75 Å². The van der Waals surface area contributed by atoms with E-state index in [-0.39, 0.29) is 21.5 Å². The zero-order valence-corrected chi connectivity index (χ0v) is 25.1. The molecule has 0 radical (unpaired) electrons. The Morgan fingerprint density at radius 3 is 2.40 bits per heavy atom. The number of aliphatic hydroxyl groups is 1. The van der Waals surface area contributed by atoms with E-state index in [1.54, 1.807) is 54.6 Å². The van der Waals surface area contributed by atoms with Crippen LogP contribution in [-0.2, 0) is 15.3 Å². The standard InChI is InChI=1S/C27H17Cl4N3O4S2/c1-38-17-7-3-13(4-8-17)23(35)21-22(14-5-9-18(29)20(31)10-14)34(25(37)24(21)36)26-32-33-27(40-26)39-12-15-2-6-16(28)11-19(15)30/h2-11,22,35H,12H2,1H3/b23-21-. The van der Waals surface area contributed by atoms with Crippen LogP contribution in [0.25, 0.3) is 5.76 Å². The summed E-state index contributed by atoms with van der Waals surface area (Å²) in [6.45, 7) is 0. The van der Waals surface area contributed by atoms with Crippen LogP contribution in [0.2, 0.25) is 20.1 Å². The van der Waals surface area contributed by atoms with E-state index in [1.165, 1.54) is 23.8 Å². The van der Waals surface area contributed by atoms with Crippen molar-refractivity contribution in [2.45, 2.75) is 16.1 Å². The number of nitrogens with zero attached hydrogens (tertiary/aromatic N) is 3. The number of methoxy groups -OCH3 is 1. The minimum Gasteiger partial charge on any atom is -0.507 e. The molecule has 0 aliphatic carbocycles. The molecule has 1 N–H and O–H groups in total. The van der Waals surface area contributed by atoms with Crippen LogP contribution in [0.5, 0.6) is 5.75 Å². The molecule has 0 bridgehead atoms. The maximum absolute atomic E-state index is 13.4. The van der Waals surface area contributed by atoms with Gasteiger partial charge >= 0.3 is 5.91 Å². The first kappa shape index (κ1) is 28.7. The Kier molecular flexibility index (Phi) is 8.61. The second-order valence-corrected chi connectivity index (χ2v) is 12.3. The average Bonchev–Trinajstić information content (AvgIpc) is 3.51. The summed E-state index contributed by atoms with van der Waals surface area (Å²) in [6, 6.07) is 15.4. The highest BCUT2D eigenvalue weighted by Gasteiger charge is 2.48. The van der Waals surface area contributed by atoms with Crippen LogP contribution >= 0.6 is 69.5 Å². The molecular formula is C27H17Cl4N3O4S2. The van der Waals surface area contributed by atoms with Crippen molar-refractivity contribution in [3.05, 3.63) is 103 Å². The second-order valence-electron chi connectivity index (χ2n) is 8.45. The SMILES string of the molecule is COc1ccc(/C(O)=C2/C(=O)C(=O)N(c3nnc(SCc4ccc(Cl)cc4Cl)s3)C2c2ccc(Cl)c(Cl)c2)cc1. The highest BCUT2D eigenvalue weighted by Crippen LogP contribution is 2.45. The van der Waals surface area contributed by atoms with E-state index in [0.29, 0.717) is 42.0 Å². The molecule has 5 rings (SSSR count). The first-order valence-electron chi connectivity index (χ1n) is 11.5. The fourth-order valence-corrected chi connectivity index (χ4v) is 6.80. The topological polar surface area (TPSA) is 92.6 Å². The third-order valence-corrected chi connectivity index (χ3v) is 9.47. The lowest BCUT2D eigenvalue weighted by Crippen LogP contribution is -2.29. The van der Waals surface area contributed by atoms with Crippen LogP contribution in [0.4, 0.5) is 5.13 Å². The van der Waals surface area contributed by atoms with Gasteiger partial charge in [0.15, 0.2) is 4.34 Å². The molecule has 40 heavy (non-hydrogen) atoms. The fraction of sp³-hybridized carbons (Fsp3) is 0.111. The molecule has 3 aromatic carbocycles. The number of ketones is 1. The number of anilines is 1. The molecule has 1 aliphatic heterocycles. The Bertz CT molecular complexity index is 1660. The van der Waals surface area contributed by atoms with E-state index in [9.17, 15) is 14.7 Å². The number of carbonyl (C=O) groups is 2. The predicted octanol–water partition coefficient (Wildman–Crippen LogP) is 8.08. The highest BCUT2D eigenvalue weighted by molar-refractivity contribution is 8.00. The van der Waals surface area contributed by atoms with Crippen LogP contribution in [-0.4, -0.2) is 34.1 Å². The number of aliphatic hydroxyl groups excluding tert-OH is 1. The van der Waals surface area contributed by atoms with Gasteiger partial charge in [-0.1, -0.05) is 81.6 Å². The molecule has 1 atom stereocenters. The molecule has 0 saturated carbocycles. The van der Waals surface area contributed by atoms with Crippen LogP contribution in [0, 0.1) is 0 Å². The maximum atomic E-state index is 13.4. The summed E-state index contributed by atoms with van der Waals surface area (Å²) >= 11 is 27.2. The Morgan fingerprint density at radius 1 is 0.975 bits per heavy atom. The minimum absolute atomic E-state index is 0.120. The number of thioether (sulfide) groups is 1. The number of rotatable bonds is 7. The number of benzene rings is 3. The van der Waals surface area contributed by atoms with Crippen molar-refractivity contribution in [2.24, 2.45) is 0 Å². The molecule has 4 aromatic rings. The summed E-state index contributed by atoms with van der Waals surface area (Å²) in [7, 11) is 1.52. The summed E-state index contributed by atoms with van der Waals surface area (Å²) in [6.07, 6.45) is 0. The van der Waals surface area contributed by atoms with Crippen LogP contribution < -0.4 is 9.64 Å². The van der Waals surface area contributed by atoms with E-state index >= 15 is 0 Å². The normalized spacial score (nSPS) is 16.5. The van der Waals surface area contributed by atoms with E-state index in [0.717, 1.165) is 16.9 Å². The van der Waals surface area contributed by atoms with Crippen molar-refractivity contribution >= 4 is 92.1 Å². The summed E-state index contributed by atoms with van der Waals surface area (Å²) in [4.78, 5) is 28.0. The molecule has 2 heterocycles. The molecule has 1 amide bonds. The maximum Gasteiger partial charge on any atom is 0.301 e. The molecule has 1 fully saturated rings. The summed E-state index contributed by atoms with van der Waals surface area (Å²) in [5.74, 6) is -1.04. The molecule has 1 unspecified atom stereocenters. The van der Waals surface area contributed by atoms with Gasteiger partial charge in [-0.25, -0.2) is 0 Å². The number of ether oxygens (including phenoxy) is 1. The van der Waals surface area contributed by atoms with E-state index < -0.39 is 17.7 Å². The van der Waals surface area contributed by atoms with Gasteiger partial charge in [0, 0.05) is 21.4 Å². The van der Waals surface area contributed by atoms with Crippen molar-refractivity contribution in [2.75, 3.05) is 12.0 Å². The Labute approximate surface area is 257 Å². The lowest BCUT2D eigenvalue weighted by molar-refractivity contribution is -0.132. The molecule has 7 nitrogen and oxygen atoms in total. The van der Waals surface area contributed by atoms with E-state index in [4.69, 9.17) is 51.1 Å². The third kappa shape index (κ3) is 5.68. The Morgan fingerprint density at radius 2 is 1.73 bits per heavy atom. The first-order valence-corrected chi connectivity index (χ1v) is 14.8. The van der Waals surface area contributed by atoms with Gasteiger partial charge in [0.1, 0.15) is 11.5 Å². The molecule has 0 spiro atoms. The number of aromatic nitrogens is 2. The van der Waals surface area contributed by atoms with Gasteiger partial charge in [0.25, 0.3) is 5.78 Å². The van der Waals surface area contributed by atoms with Crippen molar-refractivity contribution in [1.29, 1.82) is 0 Å². The Balaban J connectivity index is 1.54. The smallest absolute Gasteiger partial charge is 0.301 e. The molecule has 1 aliphatic rings. The zero-order chi connectivity index (χ0) is 28.6. The summed E-state index contributed by atoms with van der Waals surface area (Å²) < 4.78 is 5.73. The predicted molar refractivity (Wildman–Crippen MR) is 160 cm³/mol. The number of hydrogen-bond acceptors (Lipinski definition) is 8. The molecule has 1 saturated heterocycles. The van der Waals surface area contributed by atoms with Gasteiger partial charge in [-0.15, -0.1) is 10.2 Å². The fourth-order valence-electron chi connectivity index (χ4n) is 4.07. The van der Waals surface area contributed by atoms with Crippen molar-refractivity contribution in [1.82, 2.24) is 10.2 Å². The van der Waals surface area contributed by atoms with Gasteiger partial charge < -0.3 is 9.84 Å². The van der Waals surface area contributed by atoms with Gasteiger partial charge in [0.05, 0.1) is 28.8 Å². The quantitative estimate of drug-likeness (QED) is 0.0709. The number of halogens is 4. The highest BCUT2D eigenvalue weighted by atomic mass is 35.5. The van der Waals surface area contributed by atoms with E-state index in [1.807, 2.05) is 6.07 Å². The largest absolute Gasteiger partial charge is 0.507 e. The Hall–Kier alpha value is -2.79. The average molecular weight is 653 g/mol. The van der Waals surface area contributed by atoms with Crippen molar-refractivity contribution < 1.29 is 19.4 Å². The van der Waals surface area contributed by atoms with Gasteiger partial charge in [-0.05, 0) is 59.7 Å². The summed E-state index contributed by atoms with van der Waals surface area (Å²) in [5.41, 5.74) is 1.52. The van der Waals surface area contributed by atoms with Gasteiger partial charge in [-0.2, -0.15) is 0 Å². The van der Waals surface area contributed by atoms with Crippen LogP contribution in [0.3, 0.4) is 0 Å². The van der Waals surface area contributed by atoms with E-state index in [2.05, 4.69) is 10.2 Å². The molecular weight excluding hydrogens is 636 g/mol. The third-order valence-electron chi connectivity index (χ3n) is 6.04. The number of carbonyl (C=O) groups excluding carboxylic acids is 2.